The highest BCUT2D eigenvalue weighted by Gasteiger charge is 2.49. The monoisotopic (exact) mass is 455 g/mol. The van der Waals surface area contributed by atoms with Gasteiger partial charge in [-0.15, -0.1) is 0 Å². The number of amidine groups is 1. The van der Waals surface area contributed by atoms with Gasteiger partial charge in [0, 0.05) is 25.1 Å². The summed E-state index contributed by atoms with van der Waals surface area (Å²) >= 11 is 0. The maximum atomic E-state index is 13.7. The number of hydrogen-bond donors (Lipinski definition) is 4. The molecule has 3 rings (SSSR count). The van der Waals surface area contributed by atoms with Crippen molar-refractivity contribution in [1.82, 2.24) is 15.5 Å². The van der Waals surface area contributed by atoms with Crippen LogP contribution in [0.5, 0.6) is 0 Å². The first-order valence-electron chi connectivity index (χ1n) is 12.0. The van der Waals surface area contributed by atoms with E-state index in [1.54, 1.807) is 17.0 Å². The fraction of sp³-hybridized carbons (Fsp3) is 0.600. The van der Waals surface area contributed by atoms with Crippen molar-refractivity contribution in [2.24, 2.45) is 17.6 Å². The van der Waals surface area contributed by atoms with Crippen LogP contribution >= 0.6 is 0 Å². The molecule has 1 aliphatic carbocycles. The largest absolute Gasteiger partial charge is 0.384 e. The summed E-state index contributed by atoms with van der Waals surface area (Å²) in [6, 6.07) is 6.10. The molecule has 0 spiro atoms. The molecule has 5 atom stereocenters. The molecule has 8 heteroatoms. The van der Waals surface area contributed by atoms with Crippen LogP contribution in [-0.2, 0) is 20.9 Å². The molecule has 2 fully saturated rings. The Labute approximate surface area is 196 Å². The van der Waals surface area contributed by atoms with Gasteiger partial charge in [-0.1, -0.05) is 57.4 Å². The van der Waals surface area contributed by atoms with Crippen LogP contribution in [0.25, 0.3) is 0 Å². The molecular weight excluding hydrogens is 418 g/mol. The third kappa shape index (κ3) is 5.72. The predicted octanol–water partition coefficient (Wildman–Crippen LogP) is 2.30. The molecule has 0 radical (unpaired) electrons. The number of nitrogens with zero attached hydrogens (tertiary/aromatic N) is 1. The lowest BCUT2D eigenvalue weighted by atomic mass is 9.84. The summed E-state index contributed by atoms with van der Waals surface area (Å²) in [5.74, 6) is -0.221. The lowest BCUT2D eigenvalue weighted by molar-refractivity contribution is -0.145. The van der Waals surface area contributed by atoms with Crippen molar-refractivity contribution >= 4 is 23.6 Å². The van der Waals surface area contributed by atoms with Gasteiger partial charge in [-0.3, -0.25) is 19.8 Å². The summed E-state index contributed by atoms with van der Waals surface area (Å²) in [6.45, 7) is 5.73. The third-order valence-electron chi connectivity index (χ3n) is 7.21. The van der Waals surface area contributed by atoms with Crippen LogP contribution in [0.3, 0.4) is 0 Å². The fourth-order valence-electron chi connectivity index (χ4n) is 5.18. The Morgan fingerprint density at radius 1 is 1.18 bits per heavy atom. The number of hydrogen-bond acceptors (Lipinski definition) is 4. The number of carbonyl (C=O) groups excluding carboxylic acids is 3. The minimum absolute atomic E-state index is 0.00309. The van der Waals surface area contributed by atoms with Crippen molar-refractivity contribution < 1.29 is 14.4 Å². The zero-order valence-electron chi connectivity index (χ0n) is 19.9. The van der Waals surface area contributed by atoms with Gasteiger partial charge in [0.05, 0.1) is 0 Å². The molecule has 180 valence electrons. The Hall–Kier alpha value is -2.90. The lowest BCUT2D eigenvalue weighted by Gasteiger charge is -2.37. The number of amides is 3. The van der Waals surface area contributed by atoms with Crippen molar-refractivity contribution in [3.63, 3.8) is 0 Å². The topological polar surface area (TPSA) is 128 Å². The number of carbonyl (C=O) groups is 3. The van der Waals surface area contributed by atoms with E-state index >= 15 is 0 Å². The zero-order chi connectivity index (χ0) is 24.1. The average Bonchev–Trinajstić information content (AvgIpc) is 3.20. The molecule has 1 saturated carbocycles. The summed E-state index contributed by atoms with van der Waals surface area (Å²) in [6.07, 6.45) is 5.53. The number of nitrogens with two attached hydrogens (primary N) is 1. The molecule has 0 bridgehead atoms. The van der Waals surface area contributed by atoms with Gasteiger partial charge in [0.25, 0.3) is 0 Å². The van der Waals surface area contributed by atoms with E-state index in [-0.39, 0.29) is 35.5 Å². The van der Waals surface area contributed by atoms with Gasteiger partial charge in [0.1, 0.15) is 17.9 Å². The van der Waals surface area contributed by atoms with Crippen LogP contribution in [-0.4, -0.2) is 46.6 Å². The summed E-state index contributed by atoms with van der Waals surface area (Å²) < 4.78 is 0. The van der Waals surface area contributed by atoms with E-state index < -0.39 is 12.1 Å². The molecule has 1 aromatic rings. The number of fused-ring (bicyclic) bond motifs is 1. The quantitative estimate of drug-likeness (QED) is 0.354. The van der Waals surface area contributed by atoms with Crippen molar-refractivity contribution in [2.75, 3.05) is 0 Å². The Bertz CT molecular complexity index is 885. The molecule has 1 aliphatic heterocycles. The number of benzene rings is 1. The minimum atomic E-state index is -0.623. The van der Waals surface area contributed by atoms with Crippen LogP contribution in [0.15, 0.2) is 24.3 Å². The number of rotatable bonds is 8. The van der Waals surface area contributed by atoms with Gasteiger partial charge in [-0.2, -0.15) is 0 Å². The molecule has 3 amide bonds. The van der Waals surface area contributed by atoms with E-state index in [4.69, 9.17) is 11.1 Å². The number of likely N-dealkylation sites (tertiary alicyclic amines) is 1. The zero-order valence-corrected chi connectivity index (χ0v) is 19.9. The van der Waals surface area contributed by atoms with Gasteiger partial charge >= 0.3 is 0 Å². The SMILES string of the molecule is CC[C@H](C)[C@@H](NC(C)=O)C(=O)N1[C@H](C(=O)NCc2ccc(C(=N)N)cc2)C[C@@H]2CCCC[C@@H]21. The minimum Gasteiger partial charge on any atom is -0.384 e. The van der Waals surface area contributed by atoms with E-state index in [9.17, 15) is 14.4 Å². The second kappa shape index (κ2) is 10.8. The highest BCUT2D eigenvalue weighted by atomic mass is 16.2. The second-order valence-corrected chi connectivity index (χ2v) is 9.50. The molecule has 8 nitrogen and oxygen atoms in total. The standard InChI is InChI=1S/C25H37N5O3/c1-4-15(2)22(29-16(3)31)25(33)30-20-8-6-5-7-19(20)13-21(30)24(32)28-14-17-9-11-18(12-10-17)23(26)27/h9-12,15,19-22H,4-8,13-14H2,1-3H3,(H3,26,27)(H,28,32)(H,29,31)/t15-,19-,20-,21-,22+/m0/s1. The third-order valence-corrected chi connectivity index (χ3v) is 7.21. The van der Waals surface area contributed by atoms with E-state index in [1.807, 2.05) is 26.0 Å². The Morgan fingerprint density at radius 3 is 2.45 bits per heavy atom. The van der Waals surface area contributed by atoms with E-state index in [0.29, 0.717) is 24.4 Å². The molecule has 2 aliphatic rings. The van der Waals surface area contributed by atoms with Crippen LogP contribution in [0.4, 0.5) is 0 Å². The number of nitrogen functional groups attached to an aromatic ring is 1. The van der Waals surface area contributed by atoms with Crippen LogP contribution in [0, 0.1) is 17.2 Å². The molecular formula is C25H37N5O3. The summed E-state index contributed by atoms with van der Waals surface area (Å²) in [7, 11) is 0. The van der Waals surface area contributed by atoms with E-state index in [2.05, 4.69) is 10.6 Å². The van der Waals surface area contributed by atoms with Gasteiger partial charge < -0.3 is 21.3 Å². The number of nitrogens with one attached hydrogen (secondary N) is 3. The van der Waals surface area contributed by atoms with Crippen molar-refractivity contribution in [1.29, 1.82) is 5.41 Å². The molecule has 0 aromatic heterocycles. The Balaban J connectivity index is 1.77. The van der Waals surface area contributed by atoms with Gasteiger partial charge in [-0.05, 0) is 36.7 Å². The predicted molar refractivity (Wildman–Crippen MR) is 127 cm³/mol. The van der Waals surface area contributed by atoms with Gasteiger partial charge in [0.2, 0.25) is 17.7 Å². The Morgan fingerprint density at radius 2 is 1.85 bits per heavy atom. The van der Waals surface area contributed by atoms with E-state index in [0.717, 1.165) is 37.7 Å². The first-order valence-corrected chi connectivity index (χ1v) is 12.0. The van der Waals surface area contributed by atoms with Crippen molar-refractivity contribution in [3.8, 4) is 0 Å². The summed E-state index contributed by atoms with van der Waals surface area (Å²) in [5, 5.41) is 13.3. The maximum absolute atomic E-state index is 13.7. The van der Waals surface area contributed by atoms with Gasteiger partial charge in [0.15, 0.2) is 0 Å². The molecule has 5 N–H and O–H groups in total. The molecule has 33 heavy (non-hydrogen) atoms. The normalized spacial score (nSPS) is 23.8. The first kappa shape index (κ1) is 24.7. The smallest absolute Gasteiger partial charge is 0.246 e. The van der Waals surface area contributed by atoms with Crippen LogP contribution in [0.1, 0.15) is 70.4 Å². The van der Waals surface area contributed by atoms with Crippen LogP contribution in [0.2, 0.25) is 0 Å². The lowest BCUT2D eigenvalue weighted by Crippen LogP contribution is -2.57. The fourth-order valence-corrected chi connectivity index (χ4v) is 5.18. The molecule has 0 unspecified atom stereocenters. The molecule has 1 aromatic carbocycles. The van der Waals surface area contributed by atoms with Crippen LogP contribution < -0.4 is 16.4 Å². The van der Waals surface area contributed by atoms with Crippen molar-refractivity contribution in [3.05, 3.63) is 35.4 Å². The Kier molecular flexibility index (Phi) is 8.10. The molecule has 1 saturated heterocycles. The van der Waals surface area contributed by atoms with Crippen molar-refractivity contribution in [2.45, 2.75) is 84.0 Å². The van der Waals surface area contributed by atoms with E-state index in [1.165, 1.54) is 6.92 Å². The second-order valence-electron chi connectivity index (χ2n) is 9.50. The molecule has 1 heterocycles. The summed E-state index contributed by atoms with van der Waals surface area (Å²) in [4.78, 5) is 40.6. The highest BCUT2D eigenvalue weighted by Crippen LogP contribution is 2.40. The summed E-state index contributed by atoms with van der Waals surface area (Å²) in [5.41, 5.74) is 7.04. The highest BCUT2D eigenvalue weighted by molar-refractivity contribution is 5.95. The average molecular weight is 456 g/mol. The van der Waals surface area contributed by atoms with Gasteiger partial charge in [-0.25, -0.2) is 0 Å². The maximum Gasteiger partial charge on any atom is 0.246 e. The first-order chi connectivity index (χ1) is 15.7.